The van der Waals surface area contributed by atoms with Crippen LogP contribution in [0.15, 0.2) is 36.5 Å². The summed E-state index contributed by atoms with van der Waals surface area (Å²) in [6.45, 7) is 4.38. The number of carboxylic acid groups (broad SMARTS) is 1. The van der Waals surface area contributed by atoms with Crippen molar-refractivity contribution in [2.45, 2.75) is 32.5 Å². The summed E-state index contributed by atoms with van der Waals surface area (Å²) in [5.74, 6) is -0.910. The van der Waals surface area contributed by atoms with Crippen LogP contribution >= 0.6 is 0 Å². The fourth-order valence-corrected chi connectivity index (χ4v) is 1.85. The molecule has 0 amide bonds. The van der Waals surface area contributed by atoms with Crippen LogP contribution in [0.5, 0.6) is 0 Å². The smallest absolute Gasteiger partial charge is 0.325 e. The zero-order chi connectivity index (χ0) is 14.5. The number of carbonyl (C=O) groups is 1. The fourth-order valence-electron chi connectivity index (χ4n) is 1.85. The number of nitrogens with one attached hydrogen (secondary N) is 1. The van der Waals surface area contributed by atoms with Gasteiger partial charge in [-0.2, -0.15) is 0 Å². The van der Waals surface area contributed by atoms with Crippen LogP contribution in [0.3, 0.4) is 0 Å². The number of benzene rings is 1. The lowest BCUT2D eigenvalue weighted by Crippen LogP contribution is -2.28. The van der Waals surface area contributed by atoms with E-state index in [1.807, 2.05) is 38.2 Å². The highest BCUT2D eigenvalue weighted by molar-refractivity contribution is 5.75. The zero-order valence-corrected chi connectivity index (χ0v) is 11.5. The lowest BCUT2D eigenvalue weighted by Gasteiger charge is -2.13. The Balaban J connectivity index is 2.04. The Morgan fingerprint density at radius 3 is 2.60 bits per heavy atom. The van der Waals surface area contributed by atoms with Gasteiger partial charge in [0.1, 0.15) is 6.04 Å². The van der Waals surface area contributed by atoms with Gasteiger partial charge in [-0.3, -0.25) is 10.1 Å². The van der Waals surface area contributed by atoms with Crippen LogP contribution in [0.2, 0.25) is 0 Å². The second-order valence-electron chi connectivity index (χ2n) is 4.85. The Morgan fingerprint density at radius 1 is 1.35 bits per heavy atom. The summed E-state index contributed by atoms with van der Waals surface area (Å²) < 4.78 is 1.75. The van der Waals surface area contributed by atoms with E-state index in [-0.39, 0.29) is 6.04 Å². The minimum Gasteiger partial charge on any atom is -0.480 e. The molecule has 0 aliphatic carbocycles. The van der Waals surface area contributed by atoms with Gasteiger partial charge in [-0.25, -0.2) is 4.68 Å². The molecule has 0 saturated heterocycles. The molecule has 0 bridgehead atoms. The summed E-state index contributed by atoms with van der Waals surface area (Å²) in [5.41, 5.74) is 1.44. The van der Waals surface area contributed by atoms with Crippen molar-refractivity contribution in [1.82, 2.24) is 20.3 Å². The molecule has 2 N–H and O–H groups in total. The Kier molecular flexibility index (Phi) is 4.47. The van der Waals surface area contributed by atoms with Gasteiger partial charge in [0.05, 0.1) is 11.9 Å². The van der Waals surface area contributed by atoms with Crippen molar-refractivity contribution in [3.05, 3.63) is 47.8 Å². The van der Waals surface area contributed by atoms with Crippen LogP contribution in [0, 0.1) is 0 Å². The molecule has 0 fully saturated rings. The monoisotopic (exact) mass is 274 g/mol. The Bertz CT molecular complexity index is 566. The maximum Gasteiger partial charge on any atom is 0.325 e. The molecular weight excluding hydrogens is 256 g/mol. The highest BCUT2D eigenvalue weighted by atomic mass is 16.4. The third-order valence-corrected chi connectivity index (χ3v) is 2.95. The number of nitrogens with zero attached hydrogens (tertiary/aromatic N) is 3. The lowest BCUT2D eigenvalue weighted by atomic mass is 10.1. The molecule has 2 rings (SSSR count). The van der Waals surface area contributed by atoms with Crippen molar-refractivity contribution in [2.75, 3.05) is 0 Å². The summed E-state index contributed by atoms with van der Waals surface area (Å²) in [7, 11) is 0. The van der Waals surface area contributed by atoms with Gasteiger partial charge in [0.15, 0.2) is 0 Å². The summed E-state index contributed by atoms with van der Waals surface area (Å²) >= 11 is 0. The van der Waals surface area contributed by atoms with Crippen LogP contribution in [-0.4, -0.2) is 26.1 Å². The van der Waals surface area contributed by atoms with Gasteiger partial charge in [0.2, 0.25) is 0 Å². The Hall–Kier alpha value is -2.21. The minimum atomic E-state index is -0.910. The first-order chi connectivity index (χ1) is 9.58. The van der Waals surface area contributed by atoms with Crippen LogP contribution in [-0.2, 0) is 11.3 Å². The van der Waals surface area contributed by atoms with E-state index >= 15 is 0 Å². The van der Waals surface area contributed by atoms with Crippen LogP contribution in [0.4, 0.5) is 0 Å². The Morgan fingerprint density at radius 2 is 2.05 bits per heavy atom. The van der Waals surface area contributed by atoms with Crippen molar-refractivity contribution in [2.24, 2.45) is 0 Å². The fraction of sp³-hybridized carbons (Fsp3) is 0.357. The van der Waals surface area contributed by atoms with E-state index < -0.39 is 12.0 Å². The highest BCUT2D eigenvalue weighted by Gasteiger charge is 2.19. The Labute approximate surface area is 117 Å². The molecule has 0 aliphatic rings. The minimum absolute atomic E-state index is 0.237. The number of hydrogen-bond acceptors (Lipinski definition) is 4. The van der Waals surface area contributed by atoms with E-state index in [0.717, 1.165) is 11.3 Å². The maximum absolute atomic E-state index is 11.3. The number of aromatic nitrogens is 3. The highest BCUT2D eigenvalue weighted by Crippen LogP contribution is 2.13. The van der Waals surface area contributed by atoms with E-state index in [1.54, 1.807) is 16.8 Å². The van der Waals surface area contributed by atoms with E-state index in [2.05, 4.69) is 15.6 Å². The lowest BCUT2D eigenvalue weighted by molar-refractivity contribution is -0.139. The first-order valence-corrected chi connectivity index (χ1v) is 6.49. The van der Waals surface area contributed by atoms with Gasteiger partial charge >= 0.3 is 5.97 Å². The van der Waals surface area contributed by atoms with Crippen molar-refractivity contribution in [3.63, 3.8) is 0 Å². The second kappa shape index (κ2) is 6.29. The van der Waals surface area contributed by atoms with Gasteiger partial charge in [-0.15, -0.1) is 5.10 Å². The van der Waals surface area contributed by atoms with Gasteiger partial charge in [-0.1, -0.05) is 35.5 Å². The SMILES string of the molecule is CC(C)n1cc(CN[C@H](C(=O)O)c2ccccc2)nn1. The molecule has 0 unspecified atom stereocenters. The predicted octanol–water partition coefficient (Wildman–Crippen LogP) is 1.77. The first kappa shape index (κ1) is 14.2. The first-order valence-electron chi connectivity index (χ1n) is 6.49. The maximum atomic E-state index is 11.3. The molecule has 0 aliphatic heterocycles. The second-order valence-corrected chi connectivity index (χ2v) is 4.85. The van der Waals surface area contributed by atoms with Gasteiger partial charge in [0.25, 0.3) is 0 Å². The molecule has 0 saturated carbocycles. The molecule has 1 atom stereocenters. The van der Waals surface area contributed by atoms with Crippen LogP contribution in [0.25, 0.3) is 0 Å². The quantitative estimate of drug-likeness (QED) is 0.839. The molecule has 2 aromatic rings. The summed E-state index contributed by atoms with van der Waals surface area (Å²) in [4.78, 5) is 11.3. The topological polar surface area (TPSA) is 80.0 Å². The number of carboxylic acids is 1. The molecule has 0 radical (unpaired) electrons. The van der Waals surface area contributed by atoms with Gasteiger partial charge < -0.3 is 5.11 Å². The largest absolute Gasteiger partial charge is 0.480 e. The molecule has 6 nitrogen and oxygen atoms in total. The van der Waals surface area contributed by atoms with E-state index in [4.69, 9.17) is 0 Å². The molecule has 1 aromatic carbocycles. The van der Waals surface area contributed by atoms with Crippen molar-refractivity contribution in [3.8, 4) is 0 Å². The number of rotatable bonds is 6. The normalized spacial score (nSPS) is 12.6. The zero-order valence-electron chi connectivity index (χ0n) is 11.5. The number of aliphatic carboxylic acids is 1. The summed E-state index contributed by atoms with van der Waals surface area (Å²) in [6, 6.07) is 8.56. The standard InChI is InChI=1S/C14H18N4O2/c1-10(2)18-9-12(16-17-18)8-15-13(14(19)20)11-6-4-3-5-7-11/h3-7,9-10,13,15H,8H2,1-2H3,(H,19,20)/t13-/m0/s1. The van der Waals surface area contributed by atoms with Crippen LogP contribution < -0.4 is 5.32 Å². The molecule has 1 aromatic heterocycles. The number of hydrogen-bond donors (Lipinski definition) is 2. The van der Waals surface area contributed by atoms with Gasteiger partial charge in [-0.05, 0) is 19.4 Å². The third kappa shape index (κ3) is 3.42. The van der Waals surface area contributed by atoms with Crippen LogP contribution in [0.1, 0.15) is 37.2 Å². The molecule has 1 heterocycles. The molecule has 106 valence electrons. The van der Waals surface area contributed by atoms with Crippen molar-refractivity contribution in [1.29, 1.82) is 0 Å². The third-order valence-electron chi connectivity index (χ3n) is 2.95. The average molecular weight is 274 g/mol. The average Bonchev–Trinajstić information content (AvgIpc) is 2.89. The van der Waals surface area contributed by atoms with E-state index in [1.165, 1.54) is 0 Å². The molecular formula is C14H18N4O2. The van der Waals surface area contributed by atoms with Crippen molar-refractivity contribution < 1.29 is 9.90 Å². The molecule has 6 heteroatoms. The molecule has 20 heavy (non-hydrogen) atoms. The van der Waals surface area contributed by atoms with Gasteiger partial charge in [0, 0.05) is 12.6 Å². The van der Waals surface area contributed by atoms with E-state index in [0.29, 0.717) is 6.54 Å². The van der Waals surface area contributed by atoms with E-state index in [9.17, 15) is 9.90 Å². The summed E-state index contributed by atoms with van der Waals surface area (Å²) in [5, 5.41) is 20.3. The summed E-state index contributed by atoms with van der Waals surface area (Å²) in [6.07, 6.45) is 1.82. The van der Waals surface area contributed by atoms with Crippen molar-refractivity contribution >= 4 is 5.97 Å². The predicted molar refractivity (Wildman–Crippen MR) is 74.1 cm³/mol. The molecule has 0 spiro atoms.